The van der Waals surface area contributed by atoms with E-state index in [1.165, 1.54) is 19.3 Å². The molecule has 3 N–H and O–H groups in total. The third-order valence-corrected chi connectivity index (χ3v) is 6.62. The lowest BCUT2D eigenvalue weighted by Gasteiger charge is -2.26. The van der Waals surface area contributed by atoms with Crippen molar-refractivity contribution in [1.29, 1.82) is 0 Å². The van der Waals surface area contributed by atoms with Crippen LogP contribution in [0.1, 0.15) is 30.4 Å². The Morgan fingerprint density at radius 2 is 1.90 bits per heavy atom. The molecule has 0 spiro atoms. The minimum atomic E-state index is 0.0796. The molecule has 2 aliphatic rings. The Hall–Kier alpha value is -2.37. The first-order valence-corrected chi connectivity index (χ1v) is 10.6. The third-order valence-electron chi connectivity index (χ3n) is 6.62. The van der Waals surface area contributed by atoms with Crippen molar-refractivity contribution in [2.75, 3.05) is 26.2 Å². The number of carbonyl (C=O) groups excluding carboxylic acids is 1. The van der Waals surface area contributed by atoms with Crippen molar-refractivity contribution in [3.05, 3.63) is 65.7 Å². The molecular formula is C24H31N3O2. The van der Waals surface area contributed by atoms with Crippen molar-refractivity contribution in [2.45, 2.75) is 32.4 Å². The van der Waals surface area contributed by atoms with E-state index in [1.54, 1.807) is 0 Å². The molecule has 29 heavy (non-hydrogen) atoms. The van der Waals surface area contributed by atoms with Crippen LogP contribution in [0.15, 0.2) is 54.6 Å². The lowest BCUT2D eigenvalue weighted by molar-refractivity contribution is -0.122. The lowest BCUT2D eigenvalue weighted by atomic mass is 9.81. The molecule has 4 rings (SSSR count). The second-order valence-electron chi connectivity index (χ2n) is 8.47. The van der Waals surface area contributed by atoms with E-state index in [2.05, 4.69) is 16.3 Å². The van der Waals surface area contributed by atoms with Crippen LogP contribution in [0.2, 0.25) is 0 Å². The number of nitrogens with two attached hydrogens (primary N) is 1. The third kappa shape index (κ3) is 4.62. The zero-order valence-electron chi connectivity index (χ0n) is 17.0. The molecule has 0 unspecified atom stereocenters. The molecule has 2 aromatic rings. The summed E-state index contributed by atoms with van der Waals surface area (Å²) in [5, 5.41) is 3.09. The van der Waals surface area contributed by atoms with Crippen molar-refractivity contribution in [1.82, 2.24) is 10.2 Å². The zero-order chi connectivity index (χ0) is 20.1. The molecule has 1 heterocycles. The van der Waals surface area contributed by atoms with Gasteiger partial charge in [-0.15, -0.1) is 0 Å². The summed E-state index contributed by atoms with van der Waals surface area (Å²) in [4.78, 5) is 14.8. The number of hydrogen-bond donors (Lipinski definition) is 2. The summed E-state index contributed by atoms with van der Waals surface area (Å²) in [6.07, 6.45) is 3.74. The molecule has 1 aliphatic carbocycles. The molecule has 0 aromatic heterocycles. The van der Waals surface area contributed by atoms with Crippen molar-refractivity contribution < 1.29 is 9.53 Å². The number of benzene rings is 2. The van der Waals surface area contributed by atoms with Crippen LogP contribution in [0.3, 0.4) is 0 Å². The maximum absolute atomic E-state index is 12.6. The standard InChI is InChI=1S/C24H31N3O2/c25-17-24-12-6-9-21(24)14-27(18-24)15-23(28)26-13-19-7-4-5-8-20(19)16-29-22-10-2-1-3-11-22/h1-5,7-8,10-11,21H,6,9,12-18,25H2,(H,26,28)/t21-,24-/m0/s1. The van der Waals surface area contributed by atoms with Crippen LogP contribution in [0.25, 0.3) is 0 Å². The van der Waals surface area contributed by atoms with Gasteiger partial charge in [0.1, 0.15) is 12.4 Å². The second-order valence-corrected chi connectivity index (χ2v) is 8.47. The Labute approximate surface area is 173 Å². The fourth-order valence-electron chi connectivity index (χ4n) is 4.98. The molecule has 1 amide bonds. The van der Waals surface area contributed by atoms with Gasteiger partial charge in [0, 0.05) is 19.6 Å². The van der Waals surface area contributed by atoms with Crippen molar-refractivity contribution in [3.8, 4) is 5.75 Å². The largest absolute Gasteiger partial charge is 0.489 e. The van der Waals surface area contributed by atoms with Crippen LogP contribution in [-0.2, 0) is 17.9 Å². The monoisotopic (exact) mass is 393 g/mol. The minimum absolute atomic E-state index is 0.0796. The Morgan fingerprint density at radius 3 is 2.66 bits per heavy atom. The van der Waals surface area contributed by atoms with E-state index >= 15 is 0 Å². The molecule has 0 radical (unpaired) electrons. The highest BCUT2D eigenvalue weighted by Crippen LogP contribution is 2.47. The number of fused-ring (bicyclic) bond motifs is 1. The molecule has 5 heteroatoms. The summed E-state index contributed by atoms with van der Waals surface area (Å²) in [7, 11) is 0. The van der Waals surface area contributed by atoms with E-state index in [-0.39, 0.29) is 11.3 Å². The van der Waals surface area contributed by atoms with Crippen molar-refractivity contribution in [2.24, 2.45) is 17.1 Å². The van der Waals surface area contributed by atoms with Gasteiger partial charge in [0.2, 0.25) is 5.91 Å². The predicted molar refractivity (Wildman–Crippen MR) is 114 cm³/mol. The molecule has 5 nitrogen and oxygen atoms in total. The lowest BCUT2D eigenvalue weighted by Crippen LogP contribution is -2.39. The van der Waals surface area contributed by atoms with Crippen LogP contribution in [-0.4, -0.2) is 37.0 Å². The zero-order valence-corrected chi connectivity index (χ0v) is 17.0. The maximum atomic E-state index is 12.6. The Bertz CT molecular complexity index is 826. The van der Waals surface area contributed by atoms with Gasteiger partial charge in [0.15, 0.2) is 0 Å². The first kappa shape index (κ1) is 19.9. The average Bonchev–Trinajstić information content (AvgIpc) is 3.29. The molecule has 0 bridgehead atoms. The SMILES string of the molecule is NC[C@]12CCC[C@H]1CN(CC(=O)NCc1ccccc1COc1ccccc1)C2. The van der Waals surface area contributed by atoms with Gasteiger partial charge in [-0.3, -0.25) is 9.69 Å². The van der Waals surface area contributed by atoms with E-state index < -0.39 is 0 Å². The summed E-state index contributed by atoms with van der Waals surface area (Å²) in [6, 6.07) is 17.9. The second kappa shape index (κ2) is 8.97. The Balaban J connectivity index is 1.28. The van der Waals surface area contributed by atoms with Gasteiger partial charge >= 0.3 is 0 Å². The number of ether oxygens (including phenoxy) is 1. The van der Waals surface area contributed by atoms with Gasteiger partial charge in [-0.25, -0.2) is 0 Å². The summed E-state index contributed by atoms with van der Waals surface area (Å²) < 4.78 is 5.88. The summed E-state index contributed by atoms with van der Waals surface area (Å²) in [5.74, 6) is 1.59. The fraction of sp³-hybridized carbons (Fsp3) is 0.458. The first-order valence-electron chi connectivity index (χ1n) is 10.6. The van der Waals surface area contributed by atoms with Crippen LogP contribution in [0.4, 0.5) is 0 Å². The molecule has 1 saturated carbocycles. The first-order chi connectivity index (χ1) is 14.2. The molecule has 1 saturated heterocycles. The minimum Gasteiger partial charge on any atom is -0.489 e. The van der Waals surface area contributed by atoms with E-state index in [9.17, 15) is 4.79 Å². The number of rotatable bonds is 8. The number of nitrogens with one attached hydrogen (secondary N) is 1. The van der Waals surface area contributed by atoms with Gasteiger partial charge in [-0.2, -0.15) is 0 Å². The summed E-state index contributed by atoms with van der Waals surface area (Å²) >= 11 is 0. The topological polar surface area (TPSA) is 67.6 Å². The highest BCUT2D eigenvalue weighted by atomic mass is 16.5. The molecule has 1 aliphatic heterocycles. The molecular weight excluding hydrogens is 362 g/mol. The van der Waals surface area contributed by atoms with Gasteiger partial charge in [0.25, 0.3) is 0 Å². The molecule has 2 aromatic carbocycles. The molecule has 2 atom stereocenters. The van der Waals surface area contributed by atoms with Crippen molar-refractivity contribution >= 4 is 5.91 Å². The maximum Gasteiger partial charge on any atom is 0.234 e. The van der Waals surface area contributed by atoms with E-state index in [1.807, 2.05) is 48.5 Å². The number of para-hydroxylation sites is 1. The average molecular weight is 394 g/mol. The number of carbonyl (C=O) groups is 1. The predicted octanol–water partition coefficient (Wildman–Crippen LogP) is 2.94. The van der Waals surface area contributed by atoms with Gasteiger partial charge in [-0.05, 0) is 54.0 Å². The number of likely N-dealkylation sites (tertiary alicyclic amines) is 1. The van der Waals surface area contributed by atoms with E-state index in [4.69, 9.17) is 10.5 Å². The van der Waals surface area contributed by atoms with Gasteiger partial charge < -0.3 is 15.8 Å². The van der Waals surface area contributed by atoms with Gasteiger partial charge in [-0.1, -0.05) is 48.9 Å². The van der Waals surface area contributed by atoms with Crippen LogP contribution in [0.5, 0.6) is 5.75 Å². The number of amides is 1. The number of hydrogen-bond acceptors (Lipinski definition) is 4. The van der Waals surface area contributed by atoms with Crippen LogP contribution < -0.4 is 15.8 Å². The van der Waals surface area contributed by atoms with Crippen LogP contribution in [0, 0.1) is 11.3 Å². The molecule has 2 fully saturated rings. The van der Waals surface area contributed by atoms with Gasteiger partial charge in [0.05, 0.1) is 6.54 Å². The Kier molecular flexibility index (Phi) is 6.16. The van der Waals surface area contributed by atoms with E-state index in [0.717, 1.165) is 36.5 Å². The van der Waals surface area contributed by atoms with Crippen LogP contribution >= 0.6 is 0 Å². The normalized spacial score (nSPS) is 23.7. The number of nitrogens with zero attached hydrogens (tertiary/aromatic N) is 1. The quantitative estimate of drug-likeness (QED) is 0.724. The Morgan fingerprint density at radius 1 is 1.14 bits per heavy atom. The smallest absolute Gasteiger partial charge is 0.234 e. The highest BCUT2D eigenvalue weighted by Gasteiger charge is 2.48. The summed E-state index contributed by atoms with van der Waals surface area (Å²) in [5.41, 5.74) is 8.52. The highest BCUT2D eigenvalue weighted by molar-refractivity contribution is 5.78. The molecule has 154 valence electrons. The van der Waals surface area contributed by atoms with Crippen molar-refractivity contribution in [3.63, 3.8) is 0 Å². The fourth-order valence-corrected chi connectivity index (χ4v) is 4.98. The van der Waals surface area contributed by atoms with E-state index in [0.29, 0.717) is 25.6 Å². The summed E-state index contributed by atoms with van der Waals surface area (Å²) in [6.45, 7) is 4.18.